The first-order valence-electron chi connectivity index (χ1n) is 4.56. The van der Waals surface area contributed by atoms with Crippen LogP contribution in [0.15, 0.2) is 0 Å². The summed E-state index contributed by atoms with van der Waals surface area (Å²) in [7, 11) is 0. The third-order valence-corrected chi connectivity index (χ3v) is 2.49. The van der Waals surface area contributed by atoms with Gasteiger partial charge in [0.15, 0.2) is 12.4 Å². The Morgan fingerprint density at radius 1 is 1.50 bits per heavy atom. The van der Waals surface area contributed by atoms with E-state index in [9.17, 15) is 9.90 Å². The van der Waals surface area contributed by atoms with Gasteiger partial charge in [0.05, 0.1) is 12.7 Å². The molecule has 1 heterocycles. The molecule has 4 unspecified atom stereocenters. The van der Waals surface area contributed by atoms with E-state index >= 15 is 0 Å². The molecule has 0 radical (unpaired) electrons. The van der Waals surface area contributed by atoms with Crippen LogP contribution in [0.5, 0.6) is 0 Å². The van der Waals surface area contributed by atoms with Crippen LogP contribution in [-0.4, -0.2) is 57.3 Å². The Balaban J connectivity index is 2.64. The largest absolute Gasteiger partial charge is 0.455 e. The second-order valence-electron chi connectivity index (χ2n) is 3.32. The Kier molecular flexibility index (Phi) is 5.23. The van der Waals surface area contributed by atoms with Crippen molar-refractivity contribution in [1.29, 1.82) is 0 Å². The molecule has 1 saturated heterocycles. The van der Waals surface area contributed by atoms with Crippen LogP contribution >= 0.6 is 23.2 Å². The summed E-state index contributed by atoms with van der Waals surface area (Å²) >= 11 is 10.5. The second kappa shape index (κ2) is 6.00. The van der Waals surface area contributed by atoms with Gasteiger partial charge in [0.2, 0.25) is 4.84 Å². The average molecular weight is 275 g/mol. The summed E-state index contributed by atoms with van der Waals surface area (Å²) in [6, 6.07) is 0. The van der Waals surface area contributed by atoms with Gasteiger partial charge in [-0.2, -0.15) is 0 Å². The van der Waals surface area contributed by atoms with Crippen LogP contribution in [0.3, 0.4) is 0 Å². The highest BCUT2D eigenvalue weighted by molar-refractivity contribution is 6.52. The van der Waals surface area contributed by atoms with Crippen LogP contribution < -0.4 is 0 Å². The van der Waals surface area contributed by atoms with Gasteiger partial charge in [0.25, 0.3) is 0 Å². The molecule has 8 heteroatoms. The standard InChI is InChI=1S/C8H12Cl2O6/c9-7(10)8(14)16-6-3(12)1-5(13)15-4(6)2-11/h3-7,11-13H,1-2H2. The Bertz CT molecular complexity index is 249. The molecule has 4 atom stereocenters. The van der Waals surface area contributed by atoms with E-state index in [1.807, 2.05) is 0 Å². The van der Waals surface area contributed by atoms with E-state index in [1.165, 1.54) is 0 Å². The monoisotopic (exact) mass is 274 g/mol. The van der Waals surface area contributed by atoms with Gasteiger partial charge in [-0.3, -0.25) is 0 Å². The summed E-state index contributed by atoms with van der Waals surface area (Å²) in [4.78, 5) is 9.73. The molecule has 0 spiro atoms. The fraction of sp³-hybridized carbons (Fsp3) is 0.875. The van der Waals surface area contributed by atoms with Crippen LogP contribution in [-0.2, 0) is 14.3 Å². The number of carbonyl (C=O) groups is 1. The maximum atomic E-state index is 11.1. The fourth-order valence-corrected chi connectivity index (χ4v) is 1.51. The van der Waals surface area contributed by atoms with Crippen molar-refractivity contribution in [3.63, 3.8) is 0 Å². The predicted molar refractivity (Wildman–Crippen MR) is 54.0 cm³/mol. The van der Waals surface area contributed by atoms with E-state index in [1.54, 1.807) is 0 Å². The zero-order valence-electron chi connectivity index (χ0n) is 8.12. The van der Waals surface area contributed by atoms with Gasteiger partial charge in [-0.1, -0.05) is 23.2 Å². The Hall–Kier alpha value is -0.110. The Labute approximate surface area is 102 Å². The molecule has 16 heavy (non-hydrogen) atoms. The molecule has 3 N–H and O–H groups in total. The predicted octanol–water partition coefficient (Wildman–Crippen LogP) is -0.838. The molecule has 0 amide bonds. The lowest BCUT2D eigenvalue weighted by Crippen LogP contribution is -2.52. The first-order valence-corrected chi connectivity index (χ1v) is 5.44. The average Bonchev–Trinajstić information content (AvgIpc) is 2.21. The molecule has 1 aliphatic heterocycles. The van der Waals surface area contributed by atoms with Crippen LogP contribution in [0, 0.1) is 0 Å². The number of alkyl halides is 2. The molecule has 1 aliphatic rings. The number of rotatable bonds is 3. The van der Waals surface area contributed by atoms with Gasteiger partial charge in [-0.05, 0) is 0 Å². The van der Waals surface area contributed by atoms with Crippen molar-refractivity contribution in [2.45, 2.75) is 35.9 Å². The maximum absolute atomic E-state index is 11.1. The van der Waals surface area contributed by atoms with E-state index < -0.39 is 42.0 Å². The van der Waals surface area contributed by atoms with Crippen molar-refractivity contribution in [3.05, 3.63) is 0 Å². The maximum Gasteiger partial charge on any atom is 0.339 e. The van der Waals surface area contributed by atoms with Crippen molar-refractivity contribution in [3.8, 4) is 0 Å². The lowest BCUT2D eigenvalue weighted by atomic mass is 10.0. The molecule has 94 valence electrons. The smallest absolute Gasteiger partial charge is 0.339 e. The molecule has 0 aromatic heterocycles. The van der Waals surface area contributed by atoms with Gasteiger partial charge < -0.3 is 24.8 Å². The molecule has 0 saturated carbocycles. The molecule has 6 nitrogen and oxygen atoms in total. The summed E-state index contributed by atoms with van der Waals surface area (Å²) in [6.07, 6.45) is -4.57. The summed E-state index contributed by atoms with van der Waals surface area (Å²) in [5.74, 6) is -0.939. The first kappa shape index (κ1) is 14.0. The number of aliphatic hydroxyl groups is 3. The minimum absolute atomic E-state index is 0.121. The van der Waals surface area contributed by atoms with E-state index in [4.69, 9.17) is 42.9 Å². The van der Waals surface area contributed by atoms with Crippen molar-refractivity contribution in [2.24, 2.45) is 0 Å². The van der Waals surface area contributed by atoms with Gasteiger partial charge in [-0.15, -0.1) is 0 Å². The van der Waals surface area contributed by atoms with E-state index in [0.29, 0.717) is 0 Å². The Morgan fingerprint density at radius 3 is 2.62 bits per heavy atom. The highest BCUT2D eigenvalue weighted by atomic mass is 35.5. The van der Waals surface area contributed by atoms with E-state index in [2.05, 4.69) is 0 Å². The zero-order chi connectivity index (χ0) is 12.3. The molecular weight excluding hydrogens is 263 g/mol. The summed E-state index contributed by atoms with van der Waals surface area (Å²) in [5.41, 5.74) is 0. The zero-order valence-corrected chi connectivity index (χ0v) is 9.64. The molecule has 1 rings (SSSR count). The van der Waals surface area contributed by atoms with E-state index in [-0.39, 0.29) is 6.42 Å². The van der Waals surface area contributed by atoms with Crippen LogP contribution in [0.25, 0.3) is 0 Å². The SMILES string of the molecule is O=C(OC1C(O)CC(O)OC1CO)C(Cl)Cl. The van der Waals surface area contributed by atoms with Crippen molar-refractivity contribution >= 4 is 29.2 Å². The molecule has 0 aliphatic carbocycles. The van der Waals surface area contributed by atoms with Crippen molar-refractivity contribution < 1.29 is 29.6 Å². The first-order chi connectivity index (χ1) is 7.45. The second-order valence-corrected chi connectivity index (χ2v) is 4.41. The van der Waals surface area contributed by atoms with Crippen LogP contribution in [0.1, 0.15) is 6.42 Å². The number of halogens is 2. The van der Waals surface area contributed by atoms with E-state index in [0.717, 1.165) is 0 Å². The third-order valence-electron chi connectivity index (χ3n) is 2.13. The lowest BCUT2D eigenvalue weighted by molar-refractivity contribution is -0.246. The number of ether oxygens (including phenoxy) is 2. The highest BCUT2D eigenvalue weighted by Gasteiger charge is 2.40. The topological polar surface area (TPSA) is 96.2 Å². The number of hydrogen-bond acceptors (Lipinski definition) is 6. The summed E-state index contributed by atoms with van der Waals surface area (Å²) in [6.45, 7) is -0.513. The number of hydrogen-bond donors (Lipinski definition) is 3. The summed E-state index contributed by atoms with van der Waals surface area (Å²) in [5, 5.41) is 27.7. The van der Waals surface area contributed by atoms with Gasteiger partial charge in [0, 0.05) is 6.42 Å². The normalized spacial score (nSPS) is 35.1. The van der Waals surface area contributed by atoms with Gasteiger partial charge in [-0.25, -0.2) is 4.79 Å². The number of esters is 1. The van der Waals surface area contributed by atoms with Crippen molar-refractivity contribution in [2.75, 3.05) is 6.61 Å². The molecule has 0 aromatic carbocycles. The molecular formula is C8H12Cl2O6. The quantitative estimate of drug-likeness (QED) is 0.459. The van der Waals surface area contributed by atoms with Crippen LogP contribution in [0.2, 0.25) is 0 Å². The number of carbonyl (C=O) groups excluding carboxylic acids is 1. The Morgan fingerprint density at radius 2 is 2.12 bits per heavy atom. The van der Waals surface area contributed by atoms with Crippen LogP contribution in [0.4, 0.5) is 0 Å². The van der Waals surface area contributed by atoms with Crippen molar-refractivity contribution in [1.82, 2.24) is 0 Å². The molecule has 0 aromatic rings. The van der Waals surface area contributed by atoms with Gasteiger partial charge >= 0.3 is 5.97 Å². The molecule has 1 fully saturated rings. The van der Waals surface area contributed by atoms with Gasteiger partial charge in [0.1, 0.15) is 6.10 Å². The number of aliphatic hydroxyl groups excluding tert-OH is 3. The third kappa shape index (κ3) is 3.44. The minimum Gasteiger partial charge on any atom is -0.455 e. The lowest BCUT2D eigenvalue weighted by Gasteiger charge is -2.36. The summed E-state index contributed by atoms with van der Waals surface area (Å²) < 4.78 is 9.65. The minimum atomic E-state index is -1.38. The highest BCUT2D eigenvalue weighted by Crippen LogP contribution is 2.22. The molecule has 0 bridgehead atoms. The fourth-order valence-electron chi connectivity index (χ4n) is 1.41.